The Balaban J connectivity index is 1.56. The van der Waals surface area contributed by atoms with E-state index in [1.165, 1.54) is 18.6 Å². The van der Waals surface area contributed by atoms with E-state index in [1.54, 1.807) is 4.90 Å². The summed E-state index contributed by atoms with van der Waals surface area (Å²) in [6, 6.07) is 7.62. The summed E-state index contributed by atoms with van der Waals surface area (Å²) < 4.78 is 0. The molecule has 1 fully saturated rings. The first kappa shape index (κ1) is 14.2. The Hall–Kier alpha value is -2.76. The Morgan fingerprint density at radius 2 is 2.00 bits per heavy atom. The van der Waals surface area contributed by atoms with Gasteiger partial charge in [-0.1, -0.05) is 18.2 Å². The first-order chi connectivity index (χ1) is 10.6. The molecule has 1 saturated heterocycles. The van der Waals surface area contributed by atoms with Crippen molar-refractivity contribution >= 4 is 17.5 Å². The molecule has 1 aliphatic heterocycles. The lowest BCUT2D eigenvalue weighted by Crippen LogP contribution is -2.54. The van der Waals surface area contributed by atoms with Crippen molar-refractivity contribution < 1.29 is 9.59 Å². The quantitative estimate of drug-likeness (QED) is 0.931. The number of anilines is 1. The number of rotatable bonds is 3. The van der Waals surface area contributed by atoms with Gasteiger partial charge in [0.05, 0.1) is 12.1 Å². The number of hydrogen-bond donors (Lipinski definition) is 1. The van der Waals surface area contributed by atoms with E-state index in [9.17, 15) is 9.59 Å². The van der Waals surface area contributed by atoms with E-state index >= 15 is 0 Å². The van der Waals surface area contributed by atoms with E-state index in [1.807, 2.05) is 31.2 Å². The summed E-state index contributed by atoms with van der Waals surface area (Å²) in [5.74, 6) is -0.425. The zero-order chi connectivity index (χ0) is 15.5. The molecule has 0 aliphatic carbocycles. The minimum Gasteiger partial charge on any atom is -0.336 e. The highest BCUT2D eigenvalue weighted by molar-refractivity contribution is 5.97. The smallest absolute Gasteiger partial charge is 0.274 e. The van der Waals surface area contributed by atoms with Gasteiger partial charge in [-0.05, 0) is 18.6 Å². The van der Waals surface area contributed by atoms with Gasteiger partial charge in [0.1, 0.15) is 5.69 Å². The van der Waals surface area contributed by atoms with Gasteiger partial charge in [-0.25, -0.2) is 4.98 Å². The van der Waals surface area contributed by atoms with Crippen molar-refractivity contribution in [1.29, 1.82) is 0 Å². The number of hydrogen-bond acceptors (Lipinski definition) is 4. The second-order valence-corrected chi connectivity index (χ2v) is 5.30. The zero-order valence-corrected chi connectivity index (χ0v) is 12.2. The van der Waals surface area contributed by atoms with Crippen molar-refractivity contribution in [2.24, 2.45) is 5.92 Å². The van der Waals surface area contributed by atoms with Crippen molar-refractivity contribution in [3.8, 4) is 0 Å². The van der Waals surface area contributed by atoms with Gasteiger partial charge >= 0.3 is 0 Å². The van der Waals surface area contributed by atoms with Crippen molar-refractivity contribution in [2.45, 2.75) is 6.92 Å². The molecule has 0 atom stereocenters. The SMILES string of the molecule is Cc1ccccc1NC(=O)C1CN(C(=O)c2cnccn2)C1. The molecule has 2 aromatic rings. The first-order valence-electron chi connectivity index (χ1n) is 7.07. The maximum Gasteiger partial charge on any atom is 0.274 e. The summed E-state index contributed by atoms with van der Waals surface area (Å²) in [4.78, 5) is 33.7. The minimum absolute atomic E-state index is 0.0579. The van der Waals surface area contributed by atoms with Crippen LogP contribution in [-0.2, 0) is 4.79 Å². The lowest BCUT2D eigenvalue weighted by atomic mass is 9.98. The fourth-order valence-electron chi connectivity index (χ4n) is 2.33. The lowest BCUT2D eigenvalue weighted by molar-refractivity contribution is -0.123. The Kier molecular flexibility index (Phi) is 3.82. The third-order valence-electron chi connectivity index (χ3n) is 3.72. The van der Waals surface area contributed by atoms with Gasteiger partial charge in [-0.15, -0.1) is 0 Å². The summed E-state index contributed by atoms with van der Waals surface area (Å²) in [6.45, 7) is 2.76. The van der Waals surface area contributed by atoms with Crippen LogP contribution in [0.4, 0.5) is 5.69 Å². The summed E-state index contributed by atoms with van der Waals surface area (Å²) >= 11 is 0. The molecule has 112 valence electrons. The standard InChI is InChI=1S/C16H16N4O2/c1-11-4-2-3-5-13(11)19-15(21)12-9-20(10-12)16(22)14-8-17-6-7-18-14/h2-8,12H,9-10H2,1H3,(H,19,21). The Bertz CT molecular complexity index is 696. The highest BCUT2D eigenvalue weighted by Gasteiger charge is 2.36. The fourth-order valence-corrected chi connectivity index (χ4v) is 2.33. The summed E-state index contributed by atoms with van der Waals surface area (Å²) in [7, 11) is 0. The molecule has 6 nitrogen and oxygen atoms in total. The average molecular weight is 296 g/mol. The summed E-state index contributed by atoms with van der Waals surface area (Å²) in [6.07, 6.45) is 4.43. The fraction of sp³-hybridized carbons (Fsp3) is 0.250. The van der Waals surface area contributed by atoms with Gasteiger partial charge in [-0.3, -0.25) is 14.6 Å². The predicted octanol–water partition coefficient (Wildman–Crippen LogP) is 1.50. The zero-order valence-electron chi connectivity index (χ0n) is 12.2. The Labute approximate surface area is 128 Å². The lowest BCUT2D eigenvalue weighted by Gasteiger charge is -2.37. The number of benzene rings is 1. The van der Waals surface area contributed by atoms with Crippen LogP contribution in [0.3, 0.4) is 0 Å². The molecule has 2 amide bonds. The molecule has 1 N–H and O–H groups in total. The van der Waals surface area contributed by atoms with Crippen LogP contribution in [0.25, 0.3) is 0 Å². The molecule has 0 bridgehead atoms. The monoisotopic (exact) mass is 296 g/mol. The second kappa shape index (κ2) is 5.93. The average Bonchev–Trinajstić information content (AvgIpc) is 2.49. The Morgan fingerprint density at radius 1 is 1.23 bits per heavy atom. The van der Waals surface area contributed by atoms with Gasteiger partial charge in [0.15, 0.2) is 0 Å². The van der Waals surface area contributed by atoms with Crippen LogP contribution in [0.1, 0.15) is 16.1 Å². The van der Waals surface area contributed by atoms with Crippen molar-refractivity contribution in [2.75, 3.05) is 18.4 Å². The molecular weight excluding hydrogens is 280 g/mol. The maximum atomic E-state index is 12.2. The largest absolute Gasteiger partial charge is 0.336 e. The second-order valence-electron chi connectivity index (χ2n) is 5.30. The molecule has 1 aromatic carbocycles. The molecule has 0 saturated carbocycles. The molecule has 2 heterocycles. The number of nitrogens with one attached hydrogen (secondary N) is 1. The number of carbonyl (C=O) groups excluding carboxylic acids is 2. The van der Waals surface area contributed by atoms with Crippen LogP contribution >= 0.6 is 0 Å². The van der Waals surface area contributed by atoms with Gasteiger partial charge in [0, 0.05) is 31.2 Å². The van der Waals surface area contributed by atoms with E-state index in [-0.39, 0.29) is 17.7 Å². The van der Waals surface area contributed by atoms with E-state index in [2.05, 4.69) is 15.3 Å². The number of aryl methyl sites for hydroxylation is 1. The first-order valence-corrected chi connectivity index (χ1v) is 7.07. The van der Waals surface area contributed by atoms with Crippen LogP contribution in [0, 0.1) is 12.8 Å². The van der Waals surface area contributed by atoms with E-state index in [4.69, 9.17) is 0 Å². The van der Waals surface area contributed by atoms with E-state index in [0.717, 1.165) is 11.3 Å². The minimum atomic E-state index is -0.187. The van der Waals surface area contributed by atoms with Crippen LogP contribution in [0.5, 0.6) is 0 Å². The molecule has 0 radical (unpaired) electrons. The molecule has 0 spiro atoms. The van der Waals surface area contributed by atoms with Crippen molar-refractivity contribution in [3.63, 3.8) is 0 Å². The van der Waals surface area contributed by atoms with Crippen molar-refractivity contribution in [3.05, 3.63) is 54.1 Å². The van der Waals surface area contributed by atoms with Gasteiger partial charge in [-0.2, -0.15) is 0 Å². The van der Waals surface area contributed by atoms with Crippen LogP contribution in [-0.4, -0.2) is 39.8 Å². The summed E-state index contributed by atoms with van der Waals surface area (Å²) in [5, 5.41) is 2.91. The topological polar surface area (TPSA) is 75.2 Å². The molecule has 1 aliphatic rings. The highest BCUT2D eigenvalue weighted by atomic mass is 16.2. The van der Waals surface area contributed by atoms with Crippen molar-refractivity contribution in [1.82, 2.24) is 14.9 Å². The third kappa shape index (κ3) is 2.81. The Morgan fingerprint density at radius 3 is 2.68 bits per heavy atom. The summed E-state index contributed by atoms with van der Waals surface area (Å²) in [5.41, 5.74) is 2.13. The number of likely N-dealkylation sites (tertiary alicyclic amines) is 1. The molecular formula is C16H16N4O2. The van der Waals surface area contributed by atoms with Crippen LogP contribution in [0.15, 0.2) is 42.9 Å². The van der Waals surface area contributed by atoms with Gasteiger partial charge in [0.2, 0.25) is 5.91 Å². The van der Waals surface area contributed by atoms with Gasteiger partial charge < -0.3 is 10.2 Å². The molecule has 0 unspecified atom stereocenters. The predicted molar refractivity (Wildman–Crippen MR) is 81.2 cm³/mol. The number of nitrogens with zero attached hydrogens (tertiary/aromatic N) is 3. The van der Waals surface area contributed by atoms with Crippen LogP contribution in [0.2, 0.25) is 0 Å². The number of carbonyl (C=O) groups is 2. The number of para-hydroxylation sites is 1. The third-order valence-corrected chi connectivity index (χ3v) is 3.72. The van der Waals surface area contributed by atoms with Gasteiger partial charge in [0.25, 0.3) is 5.91 Å². The maximum absolute atomic E-state index is 12.2. The van der Waals surface area contributed by atoms with E-state index in [0.29, 0.717) is 18.8 Å². The molecule has 1 aromatic heterocycles. The van der Waals surface area contributed by atoms with E-state index < -0.39 is 0 Å². The molecule has 3 rings (SSSR count). The molecule has 6 heteroatoms. The normalized spacial score (nSPS) is 14.3. The number of amides is 2. The number of aromatic nitrogens is 2. The van der Waals surface area contributed by atoms with Crippen LogP contribution < -0.4 is 5.32 Å². The highest BCUT2D eigenvalue weighted by Crippen LogP contribution is 2.21. The molecule has 22 heavy (non-hydrogen) atoms.